The van der Waals surface area contributed by atoms with Gasteiger partial charge >= 0.3 is 0 Å². The van der Waals surface area contributed by atoms with Crippen molar-refractivity contribution in [3.8, 4) is 0 Å². The molecule has 0 heterocycles. The van der Waals surface area contributed by atoms with Gasteiger partial charge in [0.05, 0.1) is 0 Å². The van der Waals surface area contributed by atoms with E-state index in [1.54, 1.807) is 5.56 Å². The maximum absolute atomic E-state index is 5.53. The topological polar surface area (TPSA) is 26.0 Å². The fourth-order valence-corrected chi connectivity index (χ4v) is 2.49. The van der Waals surface area contributed by atoms with E-state index in [0.717, 1.165) is 18.9 Å². The normalized spacial score (nSPS) is 16.1. The Bertz CT molecular complexity index is 339. The molecule has 0 amide bonds. The van der Waals surface area contributed by atoms with Gasteiger partial charge in [-0.15, -0.1) is 0 Å². The van der Waals surface area contributed by atoms with Crippen LogP contribution in [0, 0.1) is 6.92 Å². The van der Waals surface area contributed by atoms with E-state index in [4.69, 9.17) is 5.73 Å². The molecule has 1 fully saturated rings. The minimum absolute atomic E-state index is 0.821. The number of hydrogen-bond acceptors (Lipinski definition) is 1. The van der Waals surface area contributed by atoms with Gasteiger partial charge in [-0.05, 0) is 62.6 Å². The second kappa shape index (κ2) is 5.49. The van der Waals surface area contributed by atoms with E-state index < -0.39 is 0 Å². The maximum atomic E-state index is 5.53. The molecule has 1 aromatic carbocycles. The van der Waals surface area contributed by atoms with Crippen LogP contribution in [0.5, 0.6) is 0 Å². The molecule has 1 heteroatoms. The lowest BCUT2D eigenvalue weighted by Gasteiger charge is -2.26. The monoisotopic (exact) mass is 217 g/mol. The number of hydrogen-bond donors (Lipinski definition) is 1. The van der Waals surface area contributed by atoms with Crippen LogP contribution in [0.2, 0.25) is 0 Å². The molecule has 0 unspecified atom stereocenters. The quantitative estimate of drug-likeness (QED) is 0.750. The van der Waals surface area contributed by atoms with Gasteiger partial charge in [0.15, 0.2) is 0 Å². The molecule has 88 valence electrons. The van der Waals surface area contributed by atoms with Gasteiger partial charge in [-0.3, -0.25) is 0 Å². The molecule has 16 heavy (non-hydrogen) atoms. The Balaban J connectivity index is 2.03. The first-order chi connectivity index (χ1) is 7.79. The summed E-state index contributed by atoms with van der Waals surface area (Å²) >= 11 is 0. The fourth-order valence-electron chi connectivity index (χ4n) is 2.49. The minimum atomic E-state index is 0.821. The van der Waals surface area contributed by atoms with Gasteiger partial charge < -0.3 is 5.73 Å². The standard InChI is InChI=1S/C15H23N/c1-12-9-13(5-2-3-8-16)11-15(10-12)14-6-4-7-14/h9-11,14H,2-8,16H2,1H3. The van der Waals surface area contributed by atoms with Crippen molar-refractivity contribution in [2.45, 2.75) is 51.4 Å². The molecular formula is C15H23N. The van der Waals surface area contributed by atoms with E-state index in [9.17, 15) is 0 Å². The summed E-state index contributed by atoms with van der Waals surface area (Å²) < 4.78 is 0. The highest BCUT2D eigenvalue weighted by atomic mass is 14.5. The van der Waals surface area contributed by atoms with Gasteiger partial charge in [0, 0.05) is 0 Å². The summed E-state index contributed by atoms with van der Waals surface area (Å²) in [5.41, 5.74) is 10.0. The summed E-state index contributed by atoms with van der Waals surface area (Å²) in [4.78, 5) is 0. The zero-order valence-electron chi connectivity index (χ0n) is 10.3. The molecule has 1 nitrogen and oxygen atoms in total. The average molecular weight is 217 g/mol. The zero-order valence-corrected chi connectivity index (χ0v) is 10.3. The third-order valence-electron chi connectivity index (χ3n) is 3.66. The van der Waals surface area contributed by atoms with E-state index >= 15 is 0 Å². The fraction of sp³-hybridized carbons (Fsp3) is 0.600. The molecule has 1 aliphatic carbocycles. The Morgan fingerprint density at radius 1 is 1.19 bits per heavy atom. The van der Waals surface area contributed by atoms with Crippen molar-refractivity contribution in [3.05, 3.63) is 34.9 Å². The van der Waals surface area contributed by atoms with Crippen molar-refractivity contribution in [2.75, 3.05) is 6.54 Å². The Kier molecular flexibility index (Phi) is 4.00. The molecule has 0 aromatic heterocycles. The molecule has 0 atom stereocenters. The van der Waals surface area contributed by atoms with E-state index in [1.165, 1.54) is 43.2 Å². The number of aryl methyl sites for hydroxylation is 2. The molecule has 0 aliphatic heterocycles. The second-order valence-corrected chi connectivity index (χ2v) is 5.13. The van der Waals surface area contributed by atoms with E-state index in [1.807, 2.05) is 0 Å². The highest BCUT2D eigenvalue weighted by molar-refractivity contribution is 5.32. The summed E-state index contributed by atoms with van der Waals surface area (Å²) in [7, 11) is 0. The Hall–Kier alpha value is -0.820. The first-order valence-corrected chi connectivity index (χ1v) is 6.60. The Labute approximate surface area is 99.0 Å². The van der Waals surface area contributed by atoms with E-state index in [0.29, 0.717) is 0 Å². The molecule has 0 bridgehead atoms. The van der Waals surface area contributed by atoms with Crippen molar-refractivity contribution in [1.29, 1.82) is 0 Å². The van der Waals surface area contributed by atoms with Gasteiger partial charge in [0.1, 0.15) is 0 Å². The molecule has 0 spiro atoms. The summed E-state index contributed by atoms with van der Waals surface area (Å²) in [6, 6.07) is 7.13. The van der Waals surface area contributed by atoms with E-state index in [2.05, 4.69) is 25.1 Å². The van der Waals surface area contributed by atoms with Crippen LogP contribution in [-0.4, -0.2) is 6.54 Å². The predicted molar refractivity (Wildman–Crippen MR) is 69.8 cm³/mol. The molecule has 0 saturated heterocycles. The lowest BCUT2D eigenvalue weighted by molar-refractivity contribution is 0.419. The van der Waals surface area contributed by atoms with Crippen molar-refractivity contribution in [1.82, 2.24) is 0 Å². The molecule has 1 aliphatic rings. The SMILES string of the molecule is Cc1cc(CCCCN)cc(C2CCC2)c1. The van der Waals surface area contributed by atoms with Crippen LogP contribution < -0.4 is 5.73 Å². The third kappa shape index (κ3) is 2.85. The molecule has 1 aromatic rings. The van der Waals surface area contributed by atoms with Crippen molar-refractivity contribution in [2.24, 2.45) is 5.73 Å². The minimum Gasteiger partial charge on any atom is -0.330 e. The zero-order chi connectivity index (χ0) is 11.4. The van der Waals surface area contributed by atoms with Gasteiger partial charge in [0.2, 0.25) is 0 Å². The van der Waals surface area contributed by atoms with Crippen LogP contribution in [0.4, 0.5) is 0 Å². The van der Waals surface area contributed by atoms with Gasteiger partial charge in [0.25, 0.3) is 0 Å². The summed E-state index contributed by atoms with van der Waals surface area (Å²) in [5.74, 6) is 0.855. The number of benzene rings is 1. The number of rotatable bonds is 5. The predicted octanol–water partition coefficient (Wildman–Crippen LogP) is 3.54. The van der Waals surface area contributed by atoms with Crippen molar-refractivity contribution < 1.29 is 0 Å². The number of nitrogens with two attached hydrogens (primary N) is 1. The van der Waals surface area contributed by atoms with E-state index in [-0.39, 0.29) is 0 Å². The highest BCUT2D eigenvalue weighted by Gasteiger charge is 2.19. The van der Waals surface area contributed by atoms with Crippen LogP contribution in [-0.2, 0) is 6.42 Å². The van der Waals surface area contributed by atoms with Gasteiger partial charge in [-0.25, -0.2) is 0 Å². The lowest BCUT2D eigenvalue weighted by Crippen LogP contribution is -2.09. The second-order valence-electron chi connectivity index (χ2n) is 5.13. The lowest BCUT2D eigenvalue weighted by atomic mass is 9.79. The van der Waals surface area contributed by atoms with Gasteiger partial charge in [-0.2, -0.15) is 0 Å². The maximum Gasteiger partial charge on any atom is -0.00772 e. The summed E-state index contributed by atoms with van der Waals surface area (Å²) in [6.45, 7) is 3.04. The van der Waals surface area contributed by atoms with Crippen LogP contribution in [0.25, 0.3) is 0 Å². The van der Waals surface area contributed by atoms with Crippen molar-refractivity contribution >= 4 is 0 Å². The van der Waals surface area contributed by atoms with Gasteiger partial charge in [-0.1, -0.05) is 30.2 Å². The molecule has 0 radical (unpaired) electrons. The van der Waals surface area contributed by atoms with Crippen molar-refractivity contribution in [3.63, 3.8) is 0 Å². The first-order valence-electron chi connectivity index (χ1n) is 6.60. The number of unbranched alkanes of at least 4 members (excludes halogenated alkanes) is 1. The molecular weight excluding hydrogens is 194 g/mol. The summed E-state index contributed by atoms with van der Waals surface area (Å²) in [6.07, 6.45) is 7.77. The molecule has 2 N–H and O–H groups in total. The average Bonchev–Trinajstić information content (AvgIpc) is 2.14. The molecule has 2 rings (SSSR count). The van der Waals surface area contributed by atoms with Crippen LogP contribution in [0.1, 0.15) is 54.7 Å². The molecule has 1 saturated carbocycles. The van der Waals surface area contributed by atoms with Crippen LogP contribution in [0.3, 0.4) is 0 Å². The summed E-state index contributed by atoms with van der Waals surface area (Å²) in [5, 5.41) is 0. The van der Waals surface area contributed by atoms with Crippen LogP contribution >= 0.6 is 0 Å². The smallest absolute Gasteiger partial charge is 0.00772 e. The third-order valence-corrected chi connectivity index (χ3v) is 3.66. The highest BCUT2D eigenvalue weighted by Crippen LogP contribution is 2.37. The van der Waals surface area contributed by atoms with Crippen LogP contribution in [0.15, 0.2) is 18.2 Å². The Morgan fingerprint density at radius 2 is 2.00 bits per heavy atom. The Morgan fingerprint density at radius 3 is 2.62 bits per heavy atom. The largest absolute Gasteiger partial charge is 0.330 e. The first kappa shape index (κ1) is 11.7.